The van der Waals surface area contributed by atoms with E-state index in [0.29, 0.717) is 5.56 Å². The smallest absolute Gasteiger partial charge is 0.349 e. The molecule has 0 aliphatic rings. The molecule has 0 bridgehead atoms. The monoisotopic (exact) mass is 290 g/mol. The van der Waals surface area contributed by atoms with Crippen molar-refractivity contribution >= 4 is 5.97 Å². The van der Waals surface area contributed by atoms with E-state index in [1.807, 2.05) is 20.8 Å². The van der Waals surface area contributed by atoms with Gasteiger partial charge in [-0.3, -0.25) is 0 Å². The SMILES string of the molecule is Cc1cc(F)c(C(=O)Oc2cc(C)c(C)c(C)c2)c(F)c1. The third kappa shape index (κ3) is 3.10. The molecule has 2 aromatic carbocycles. The van der Waals surface area contributed by atoms with Gasteiger partial charge < -0.3 is 4.74 Å². The van der Waals surface area contributed by atoms with Gasteiger partial charge in [-0.15, -0.1) is 0 Å². The Bertz CT molecular complexity index is 675. The Morgan fingerprint density at radius 3 is 1.86 bits per heavy atom. The van der Waals surface area contributed by atoms with Gasteiger partial charge in [0.1, 0.15) is 22.9 Å². The normalized spacial score (nSPS) is 10.6. The van der Waals surface area contributed by atoms with E-state index in [9.17, 15) is 13.6 Å². The molecule has 0 saturated carbocycles. The van der Waals surface area contributed by atoms with Gasteiger partial charge >= 0.3 is 5.97 Å². The molecular formula is C17H16F2O2. The summed E-state index contributed by atoms with van der Waals surface area (Å²) in [6.07, 6.45) is 0. The van der Waals surface area contributed by atoms with Crippen molar-refractivity contribution in [2.45, 2.75) is 27.7 Å². The van der Waals surface area contributed by atoms with Gasteiger partial charge in [0.15, 0.2) is 0 Å². The molecule has 0 fully saturated rings. The maximum absolute atomic E-state index is 13.7. The van der Waals surface area contributed by atoms with Crippen LogP contribution in [0.4, 0.5) is 8.78 Å². The first kappa shape index (κ1) is 15.2. The number of ether oxygens (including phenoxy) is 1. The van der Waals surface area contributed by atoms with E-state index < -0.39 is 23.2 Å². The lowest BCUT2D eigenvalue weighted by Crippen LogP contribution is -2.13. The predicted molar refractivity (Wildman–Crippen MR) is 76.7 cm³/mol. The second-order valence-electron chi connectivity index (χ2n) is 5.18. The lowest BCUT2D eigenvalue weighted by molar-refractivity contribution is 0.0724. The minimum Gasteiger partial charge on any atom is -0.423 e. The van der Waals surface area contributed by atoms with Crippen LogP contribution in [-0.2, 0) is 0 Å². The Balaban J connectivity index is 2.35. The summed E-state index contributed by atoms with van der Waals surface area (Å²) in [5.41, 5.74) is 2.72. The average molecular weight is 290 g/mol. The maximum Gasteiger partial charge on any atom is 0.349 e. The van der Waals surface area contributed by atoms with Gasteiger partial charge in [0, 0.05) is 0 Å². The van der Waals surface area contributed by atoms with E-state index in [0.717, 1.165) is 28.8 Å². The maximum atomic E-state index is 13.7. The molecule has 0 amide bonds. The molecule has 0 N–H and O–H groups in total. The van der Waals surface area contributed by atoms with Crippen LogP contribution in [0.25, 0.3) is 0 Å². The lowest BCUT2D eigenvalue weighted by Gasteiger charge is -2.10. The summed E-state index contributed by atoms with van der Waals surface area (Å²) in [4.78, 5) is 12.0. The molecule has 2 nitrogen and oxygen atoms in total. The number of halogens is 2. The summed E-state index contributed by atoms with van der Waals surface area (Å²) in [6, 6.07) is 5.55. The summed E-state index contributed by atoms with van der Waals surface area (Å²) < 4.78 is 32.6. The number of esters is 1. The van der Waals surface area contributed by atoms with Gasteiger partial charge in [0.25, 0.3) is 0 Å². The first-order valence-corrected chi connectivity index (χ1v) is 6.55. The van der Waals surface area contributed by atoms with Crippen molar-refractivity contribution in [1.82, 2.24) is 0 Å². The highest BCUT2D eigenvalue weighted by atomic mass is 19.1. The molecule has 2 aromatic rings. The van der Waals surface area contributed by atoms with Crippen LogP contribution >= 0.6 is 0 Å². The van der Waals surface area contributed by atoms with Crippen molar-refractivity contribution in [3.63, 3.8) is 0 Å². The van der Waals surface area contributed by atoms with Crippen LogP contribution in [0.15, 0.2) is 24.3 Å². The van der Waals surface area contributed by atoms with Crippen molar-refractivity contribution in [2.75, 3.05) is 0 Å². The molecule has 0 radical (unpaired) electrons. The fourth-order valence-corrected chi connectivity index (χ4v) is 2.11. The number of benzene rings is 2. The van der Waals surface area contributed by atoms with Gasteiger partial charge in [-0.2, -0.15) is 0 Å². The van der Waals surface area contributed by atoms with Crippen molar-refractivity contribution in [3.8, 4) is 5.75 Å². The zero-order chi connectivity index (χ0) is 15.7. The summed E-state index contributed by atoms with van der Waals surface area (Å²) in [5, 5.41) is 0. The molecule has 110 valence electrons. The van der Waals surface area contributed by atoms with Crippen LogP contribution < -0.4 is 4.74 Å². The zero-order valence-electron chi connectivity index (χ0n) is 12.4. The van der Waals surface area contributed by atoms with Gasteiger partial charge in [-0.25, -0.2) is 13.6 Å². The van der Waals surface area contributed by atoms with Gasteiger partial charge in [0.2, 0.25) is 0 Å². The van der Waals surface area contributed by atoms with Gasteiger partial charge in [-0.1, -0.05) is 0 Å². The van der Waals surface area contributed by atoms with Gasteiger partial charge in [-0.05, 0) is 74.2 Å². The molecule has 0 aromatic heterocycles. The largest absolute Gasteiger partial charge is 0.423 e. The molecule has 0 aliphatic heterocycles. The minimum absolute atomic E-state index is 0.278. The number of rotatable bonds is 2. The van der Waals surface area contributed by atoms with Gasteiger partial charge in [0.05, 0.1) is 0 Å². The van der Waals surface area contributed by atoms with E-state index in [4.69, 9.17) is 4.74 Å². The number of hydrogen-bond donors (Lipinski definition) is 0. The van der Waals surface area contributed by atoms with E-state index in [1.165, 1.54) is 0 Å². The summed E-state index contributed by atoms with van der Waals surface area (Å²) in [6.45, 7) is 7.27. The topological polar surface area (TPSA) is 26.3 Å². The van der Waals surface area contributed by atoms with Crippen molar-refractivity contribution in [1.29, 1.82) is 0 Å². The van der Waals surface area contributed by atoms with Crippen LogP contribution in [0.1, 0.15) is 32.6 Å². The number of carbonyl (C=O) groups excluding carboxylic acids is 1. The first-order chi connectivity index (χ1) is 9.79. The molecule has 4 heteroatoms. The number of hydrogen-bond acceptors (Lipinski definition) is 2. The number of aryl methyl sites for hydroxylation is 3. The third-order valence-corrected chi connectivity index (χ3v) is 3.50. The first-order valence-electron chi connectivity index (χ1n) is 6.55. The van der Waals surface area contributed by atoms with Crippen LogP contribution in [0.5, 0.6) is 5.75 Å². The highest BCUT2D eigenvalue weighted by Gasteiger charge is 2.20. The Hall–Kier alpha value is -2.23. The van der Waals surface area contributed by atoms with Crippen molar-refractivity contribution < 1.29 is 18.3 Å². The molecule has 0 saturated heterocycles. The molecule has 0 spiro atoms. The highest BCUT2D eigenvalue weighted by molar-refractivity contribution is 5.91. The zero-order valence-corrected chi connectivity index (χ0v) is 12.4. The molecule has 2 rings (SSSR count). The van der Waals surface area contributed by atoms with Crippen molar-refractivity contribution in [3.05, 3.63) is 63.7 Å². The van der Waals surface area contributed by atoms with Crippen LogP contribution in [0.3, 0.4) is 0 Å². The Morgan fingerprint density at radius 2 is 1.38 bits per heavy atom. The van der Waals surface area contributed by atoms with Crippen LogP contribution in [0.2, 0.25) is 0 Å². The molecule has 0 heterocycles. The average Bonchev–Trinajstić information content (AvgIpc) is 2.34. The van der Waals surface area contributed by atoms with E-state index in [1.54, 1.807) is 19.1 Å². The fraction of sp³-hybridized carbons (Fsp3) is 0.235. The number of carbonyl (C=O) groups is 1. The third-order valence-electron chi connectivity index (χ3n) is 3.50. The Labute approximate surface area is 122 Å². The molecule has 0 unspecified atom stereocenters. The second kappa shape index (κ2) is 5.64. The van der Waals surface area contributed by atoms with E-state index in [-0.39, 0.29) is 5.75 Å². The molecule has 21 heavy (non-hydrogen) atoms. The van der Waals surface area contributed by atoms with E-state index in [2.05, 4.69) is 0 Å². The van der Waals surface area contributed by atoms with E-state index >= 15 is 0 Å². The fourth-order valence-electron chi connectivity index (χ4n) is 2.11. The Kier molecular flexibility index (Phi) is 4.07. The predicted octanol–water partition coefficient (Wildman–Crippen LogP) is 4.42. The summed E-state index contributed by atoms with van der Waals surface area (Å²) in [5.74, 6) is -2.59. The van der Waals surface area contributed by atoms with Crippen LogP contribution in [-0.4, -0.2) is 5.97 Å². The summed E-state index contributed by atoms with van der Waals surface area (Å²) >= 11 is 0. The minimum atomic E-state index is -1.03. The Morgan fingerprint density at radius 1 is 0.905 bits per heavy atom. The standard InChI is InChI=1S/C17H16F2O2/c1-9-5-14(18)16(15(19)6-9)17(20)21-13-7-10(2)12(4)11(3)8-13/h5-8H,1-4H3. The molecular weight excluding hydrogens is 274 g/mol. The lowest BCUT2D eigenvalue weighted by atomic mass is 10.0. The quantitative estimate of drug-likeness (QED) is 0.604. The van der Waals surface area contributed by atoms with Crippen LogP contribution in [0, 0.1) is 39.3 Å². The van der Waals surface area contributed by atoms with Crippen molar-refractivity contribution in [2.24, 2.45) is 0 Å². The highest BCUT2D eigenvalue weighted by Crippen LogP contribution is 2.23. The second-order valence-corrected chi connectivity index (χ2v) is 5.18. The molecule has 0 atom stereocenters. The summed E-state index contributed by atoms with van der Waals surface area (Å²) in [7, 11) is 0. The molecule has 0 aliphatic carbocycles.